The van der Waals surface area contributed by atoms with E-state index in [2.05, 4.69) is 4.98 Å². The summed E-state index contributed by atoms with van der Waals surface area (Å²) in [6, 6.07) is 8.57. The molecule has 0 saturated carbocycles. The minimum absolute atomic E-state index is 0.106. The number of nitrogens with one attached hydrogen (secondary N) is 1. The van der Waals surface area contributed by atoms with Gasteiger partial charge in [-0.1, -0.05) is 34.8 Å². The van der Waals surface area contributed by atoms with Gasteiger partial charge in [0.25, 0.3) is 0 Å². The van der Waals surface area contributed by atoms with Gasteiger partial charge in [0.05, 0.1) is 5.02 Å². The van der Waals surface area contributed by atoms with E-state index in [-0.39, 0.29) is 5.78 Å². The maximum atomic E-state index is 12.7. The highest BCUT2D eigenvalue weighted by molar-refractivity contribution is 6.40. The highest BCUT2D eigenvalue weighted by atomic mass is 35.5. The Hall–Kier alpha value is -1.48. The predicted octanol–water partition coefficient (Wildman–Crippen LogP) is 5.67. The fraction of sp³-hybridized carbons (Fsp3) is 0.0625. The van der Waals surface area contributed by atoms with E-state index < -0.39 is 0 Å². The summed E-state index contributed by atoms with van der Waals surface area (Å²) in [6.45, 7) is 1.86. The Morgan fingerprint density at radius 2 is 1.81 bits per heavy atom. The van der Waals surface area contributed by atoms with E-state index in [9.17, 15) is 4.79 Å². The van der Waals surface area contributed by atoms with Crippen LogP contribution in [0.3, 0.4) is 0 Å². The molecule has 5 heteroatoms. The van der Waals surface area contributed by atoms with Gasteiger partial charge in [-0.3, -0.25) is 4.79 Å². The van der Waals surface area contributed by atoms with Crippen LogP contribution < -0.4 is 0 Å². The standard InChI is InChI=1S/C16H10Cl3NO/c1-8-4-9(2-3-12(8)18)16(21)11-7-20-14-6-10(17)5-13(19)15(11)14/h2-7,20H,1H3. The van der Waals surface area contributed by atoms with Crippen LogP contribution in [0.2, 0.25) is 15.1 Å². The number of fused-ring (bicyclic) bond motifs is 1. The third-order valence-electron chi connectivity index (χ3n) is 3.36. The van der Waals surface area contributed by atoms with Gasteiger partial charge >= 0.3 is 0 Å². The molecule has 106 valence electrons. The molecule has 0 amide bonds. The van der Waals surface area contributed by atoms with Crippen LogP contribution in [0, 0.1) is 6.92 Å². The van der Waals surface area contributed by atoms with E-state index >= 15 is 0 Å². The van der Waals surface area contributed by atoms with E-state index in [4.69, 9.17) is 34.8 Å². The fourth-order valence-electron chi connectivity index (χ4n) is 2.30. The molecule has 3 aromatic rings. The first-order valence-corrected chi connectivity index (χ1v) is 7.38. The first-order valence-electron chi connectivity index (χ1n) is 6.24. The number of aryl methyl sites for hydroxylation is 1. The molecule has 2 nitrogen and oxygen atoms in total. The zero-order valence-corrected chi connectivity index (χ0v) is 13.3. The first-order chi connectivity index (χ1) is 9.97. The topological polar surface area (TPSA) is 32.9 Å². The van der Waals surface area contributed by atoms with Gasteiger partial charge in [0, 0.05) is 38.3 Å². The second-order valence-corrected chi connectivity index (χ2v) is 6.06. The number of carbonyl (C=O) groups is 1. The zero-order chi connectivity index (χ0) is 15.1. The summed E-state index contributed by atoms with van der Waals surface area (Å²) in [7, 11) is 0. The number of ketones is 1. The Bertz CT molecular complexity index is 867. The number of hydrogen-bond acceptors (Lipinski definition) is 1. The van der Waals surface area contributed by atoms with Crippen molar-refractivity contribution in [2.45, 2.75) is 6.92 Å². The molecule has 2 aromatic carbocycles. The Kier molecular flexibility index (Phi) is 3.70. The number of aromatic amines is 1. The number of aromatic nitrogens is 1. The van der Waals surface area contributed by atoms with E-state index in [0.29, 0.717) is 31.6 Å². The van der Waals surface area contributed by atoms with Crippen LogP contribution in [0.1, 0.15) is 21.5 Å². The molecule has 0 saturated heterocycles. The van der Waals surface area contributed by atoms with Crippen LogP contribution in [-0.2, 0) is 0 Å². The molecular weight excluding hydrogens is 329 g/mol. The monoisotopic (exact) mass is 337 g/mol. The largest absolute Gasteiger partial charge is 0.360 e. The second-order valence-electron chi connectivity index (χ2n) is 4.81. The number of H-pyrrole nitrogens is 1. The van der Waals surface area contributed by atoms with Crippen LogP contribution in [0.15, 0.2) is 36.5 Å². The summed E-state index contributed by atoms with van der Waals surface area (Å²) in [4.78, 5) is 15.7. The average molecular weight is 339 g/mol. The third kappa shape index (κ3) is 2.55. The predicted molar refractivity (Wildman–Crippen MR) is 87.9 cm³/mol. The molecule has 0 aliphatic heterocycles. The van der Waals surface area contributed by atoms with E-state index in [1.807, 2.05) is 6.92 Å². The number of carbonyl (C=O) groups excluding carboxylic acids is 1. The van der Waals surface area contributed by atoms with Crippen LogP contribution in [0.4, 0.5) is 0 Å². The van der Waals surface area contributed by atoms with Crippen molar-refractivity contribution in [1.29, 1.82) is 0 Å². The summed E-state index contributed by atoms with van der Waals surface area (Å²) in [5, 5.41) is 2.29. The van der Waals surface area contributed by atoms with Crippen molar-refractivity contribution in [1.82, 2.24) is 4.98 Å². The van der Waals surface area contributed by atoms with Crippen molar-refractivity contribution >= 4 is 51.5 Å². The van der Waals surface area contributed by atoms with Crippen molar-refractivity contribution in [2.24, 2.45) is 0 Å². The maximum absolute atomic E-state index is 12.7. The summed E-state index contributed by atoms with van der Waals surface area (Å²) < 4.78 is 0. The van der Waals surface area contributed by atoms with E-state index in [1.165, 1.54) is 0 Å². The average Bonchev–Trinajstić information content (AvgIpc) is 2.85. The van der Waals surface area contributed by atoms with Gasteiger partial charge in [-0.05, 0) is 42.8 Å². The third-order valence-corrected chi connectivity index (χ3v) is 4.30. The number of rotatable bonds is 2. The van der Waals surface area contributed by atoms with Gasteiger partial charge in [0.1, 0.15) is 0 Å². The van der Waals surface area contributed by atoms with Crippen LogP contribution in [-0.4, -0.2) is 10.8 Å². The van der Waals surface area contributed by atoms with Crippen molar-refractivity contribution in [2.75, 3.05) is 0 Å². The van der Waals surface area contributed by atoms with Crippen LogP contribution in [0.25, 0.3) is 10.9 Å². The highest BCUT2D eigenvalue weighted by Gasteiger charge is 2.17. The van der Waals surface area contributed by atoms with Crippen LogP contribution >= 0.6 is 34.8 Å². The molecule has 1 aromatic heterocycles. The van der Waals surface area contributed by atoms with Gasteiger partial charge in [-0.15, -0.1) is 0 Å². The van der Waals surface area contributed by atoms with Crippen LogP contribution in [0.5, 0.6) is 0 Å². The fourth-order valence-corrected chi connectivity index (χ4v) is 3.02. The molecule has 0 fully saturated rings. The van der Waals surface area contributed by atoms with Crippen molar-refractivity contribution < 1.29 is 4.79 Å². The normalized spacial score (nSPS) is 11.0. The molecule has 0 radical (unpaired) electrons. The van der Waals surface area contributed by atoms with Gasteiger partial charge in [0.2, 0.25) is 0 Å². The van der Waals surface area contributed by atoms with E-state index in [0.717, 1.165) is 11.1 Å². The number of benzene rings is 2. The zero-order valence-electron chi connectivity index (χ0n) is 11.0. The van der Waals surface area contributed by atoms with Crippen molar-refractivity contribution in [3.8, 4) is 0 Å². The Balaban J connectivity index is 2.16. The molecule has 0 bridgehead atoms. The van der Waals surface area contributed by atoms with Gasteiger partial charge in [-0.2, -0.15) is 0 Å². The first kappa shape index (κ1) is 14.5. The van der Waals surface area contributed by atoms with Gasteiger partial charge < -0.3 is 4.98 Å². The SMILES string of the molecule is Cc1cc(C(=O)c2c[nH]c3cc(Cl)cc(Cl)c23)ccc1Cl. The Labute approximate surface area is 136 Å². The summed E-state index contributed by atoms with van der Waals surface area (Å²) >= 11 is 18.2. The molecule has 0 atom stereocenters. The summed E-state index contributed by atoms with van der Waals surface area (Å²) in [5.74, 6) is -0.106. The molecule has 0 spiro atoms. The minimum atomic E-state index is -0.106. The maximum Gasteiger partial charge on any atom is 0.195 e. The molecule has 0 aliphatic carbocycles. The quantitative estimate of drug-likeness (QED) is 0.600. The van der Waals surface area contributed by atoms with Crippen molar-refractivity contribution in [3.05, 3.63) is 68.3 Å². The van der Waals surface area contributed by atoms with Crippen molar-refractivity contribution in [3.63, 3.8) is 0 Å². The molecule has 1 heterocycles. The lowest BCUT2D eigenvalue weighted by Gasteiger charge is -2.04. The lowest BCUT2D eigenvalue weighted by molar-refractivity contribution is 0.104. The summed E-state index contributed by atoms with van der Waals surface area (Å²) in [6.07, 6.45) is 1.65. The Morgan fingerprint density at radius 1 is 1.05 bits per heavy atom. The lowest BCUT2D eigenvalue weighted by atomic mass is 10.0. The second kappa shape index (κ2) is 5.38. The molecule has 1 N–H and O–H groups in total. The smallest absolute Gasteiger partial charge is 0.195 e. The van der Waals surface area contributed by atoms with Gasteiger partial charge in [-0.25, -0.2) is 0 Å². The molecule has 0 aliphatic rings. The van der Waals surface area contributed by atoms with Gasteiger partial charge in [0.15, 0.2) is 5.78 Å². The molecular formula is C16H10Cl3NO. The molecule has 3 rings (SSSR count). The minimum Gasteiger partial charge on any atom is -0.360 e. The number of hydrogen-bond donors (Lipinski definition) is 1. The molecule has 0 unspecified atom stereocenters. The summed E-state index contributed by atoms with van der Waals surface area (Å²) in [5.41, 5.74) is 2.69. The number of halogens is 3. The van der Waals surface area contributed by atoms with E-state index in [1.54, 1.807) is 36.5 Å². The Morgan fingerprint density at radius 3 is 2.52 bits per heavy atom. The molecule has 21 heavy (non-hydrogen) atoms. The highest BCUT2D eigenvalue weighted by Crippen LogP contribution is 2.31. The lowest BCUT2D eigenvalue weighted by Crippen LogP contribution is -2.01.